The standard InChI is InChI=1S/C7H15FO.C6H13FO.C6H13F.C5H11F/c1-3-7(2)6-9-5-4-8;1-3-6(2)4-8-5-7;1-3-6(2)4-5-7;1-3-5(2)4-6/h7H,3-6H2,1-2H3;6H,3-5H2,1-2H3;6H,3-5H2,1-2H3;5H,3-4H2,1-2H3. The van der Waals surface area contributed by atoms with Gasteiger partial charge in [-0.05, 0) is 30.1 Å². The minimum atomic E-state index is -0.648. The number of rotatable bonds is 14. The molecule has 6 heteroatoms. The molecule has 0 aliphatic carbocycles. The second kappa shape index (κ2) is 33.3. The van der Waals surface area contributed by atoms with E-state index in [9.17, 15) is 17.6 Å². The Morgan fingerprint density at radius 3 is 1.23 bits per heavy atom. The number of ether oxygens (including phenoxy) is 2. The monoisotopic (exact) mass is 448 g/mol. The zero-order chi connectivity index (χ0) is 24.2. The van der Waals surface area contributed by atoms with E-state index in [1.165, 1.54) is 0 Å². The summed E-state index contributed by atoms with van der Waals surface area (Å²) in [6.07, 6.45) is 4.95. The Bertz CT molecular complexity index is 268. The molecule has 0 saturated heterocycles. The molecule has 30 heavy (non-hydrogen) atoms. The van der Waals surface area contributed by atoms with Crippen LogP contribution in [0, 0.1) is 23.7 Å². The maximum absolute atomic E-state index is 11.4. The van der Waals surface area contributed by atoms with E-state index in [0.717, 1.165) is 32.1 Å². The molecule has 0 heterocycles. The van der Waals surface area contributed by atoms with E-state index >= 15 is 0 Å². The second-order valence-electron chi connectivity index (χ2n) is 7.93. The van der Waals surface area contributed by atoms with Gasteiger partial charge in [0.15, 0.2) is 6.86 Å². The molecule has 0 N–H and O–H groups in total. The quantitative estimate of drug-likeness (QED) is 0.196. The average molecular weight is 449 g/mol. The van der Waals surface area contributed by atoms with Crippen LogP contribution in [-0.2, 0) is 9.47 Å². The predicted octanol–water partition coefficient (Wildman–Crippen LogP) is 8.39. The van der Waals surface area contributed by atoms with Crippen molar-refractivity contribution >= 4 is 0 Å². The number of halogens is 4. The van der Waals surface area contributed by atoms with Gasteiger partial charge in [-0.2, -0.15) is 0 Å². The molecule has 0 aromatic carbocycles. The lowest BCUT2D eigenvalue weighted by Crippen LogP contribution is -2.06. The summed E-state index contributed by atoms with van der Waals surface area (Å²) in [5.41, 5.74) is 0. The highest BCUT2D eigenvalue weighted by molar-refractivity contribution is 4.46. The van der Waals surface area contributed by atoms with E-state index in [2.05, 4.69) is 39.4 Å². The molecule has 0 bridgehead atoms. The molecule has 0 aliphatic rings. The maximum atomic E-state index is 11.4. The summed E-state index contributed by atoms with van der Waals surface area (Å²) >= 11 is 0. The summed E-state index contributed by atoms with van der Waals surface area (Å²) in [4.78, 5) is 0. The first-order valence-electron chi connectivity index (χ1n) is 11.6. The number of alkyl halides is 4. The maximum Gasteiger partial charge on any atom is 0.188 e. The van der Waals surface area contributed by atoms with Gasteiger partial charge in [-0.1, -0.05) is 81.1 Å². The van der Waals surface area contributed by atoms with Crippen molar-refractivity contribution < 1.29 is 27.0 Å². The molecule has 4 atom stereocenters. The van der Waals surface area contributed by atoms with Gasteiger partial charge < -0.3 is 9.47 Å². The smallest absolute Gasteiger partial charge is 0.188 e. The first-order chi connectivity index (χ1) is 14.2. The van der Waals surface area contributed by atoms with Crippen LogP contribution in [0.25, 0.3) is 0 Å². The van der Waals surface area contributed by atoms with E-state index < -0.39 is 6.86 Å². The zero-order valence-electron chi connectivity index (χ0n) is 21.1. The third kappa shape index (κ3) is 41.9. The Kier molecular flexibility index (Phi) is 41.0. The molecule has 0 aromatic rings. The Hall–Kier alpha value is -0.360. The largest absolute Gasteiger partial charge is 0.378 e. The number of hydrogen-bond acceptors (Lipinski definition) is 2. The van der Waals surface area contributed by atoms with Gasteiger partial charge in [-0.3, -0.25) is 8.78 Å². The lowest BCUT2D eigenvalue weighted by atomic mass is 10.1. The van der Waals surface area contributed by atoms with E-state index in [0.29, 0.717) is 31.0 Å². The fourth-order valence-corrected chi connectivity index (χ4v) is 1.32. The van der Waals surface area contributed by atoms with Gasteiger partial charge in [0.05, 0.1) is 26.6 Å². The van der Waals surface area contributed by atoms with Crippen molar-refractivity contribution in [2.24, 2.45) is 23.7 Å². The van der Waals surface area contributed by atoms with E-state index in [1.54, 1.807) is 0 Å². The summed E-state index contributed by atoms with van der Waals surface area (Å²) in [5, 5.41) is 0. The molecule has 0 aliphatic heterocycles. The molecule has 0 aromatic heterocycles. The lowest BCUT2D eigenvalue weighted by Gasteiger charge is -2.06. The summed E-state index contributed by atoms with van der Waals surface area (Å²) in [5.74, 6) is 1.90. The number of hydrogen-bond donors (Lipinski definition) is 0. The molecular weight excluding hydrogens is 396 g/mol. The minimum Gasteiger partial charge on any atom is -0.378 e. The summed E-state index contributed by atoms with van der Waals surface area (Å²) < 4.78 is 55.0. The van der Waals surface area contributed by atoms with Crippen LogP contribution < -0.4 is 0 Å². The fourth-order valence-electron chi connectivity index (χ4n) is 1.32. The normalized spacial score (nSPS) is 14.0. The summed E-state index contributed by atoms with van der Waals surface area (Å²) in [6.45, 7) is 16.5. The van der Waals surface area contributed by atoms with Crippen molar-refractivity contribution in [1.82, 2.24) is 0 Å². The Labute approximate surface area is 185 Å². The predicted molar refractivity (Wildman–Crippen MR) is 123 cm³/mol. The van der Waals surface area contributed by atoms with Crippen LogP contribution in [0.5, 0.6) is 0 Å². The zero-order valence-corrected chi connectivity index (χ0v) is 21.1. The van der Waals surface area contributed by atoms with Crippen molar-refractivity contribution in [3.63, 3.8) is 0 Å². The molecule has 188 valence electrons. The Morgan fingerprint density at radius 1 is 0.567 bits per heavy atom. The fraction of sp³-hybridized carbons (Fsp3) is 1.00. The SMILES string of the molecule is CCC(C)CCF.CCC(C)CF.CCC(C)COCCF.CCC(C)COCF. The van der Waals surface area contributed by atoms with Crippen LogP contribution >= 0.6 is 0 Å². The van der Waals surface area contributed by atoms with Crippen molar-refractivity contribution in [2.75, 3.05) is 46.7 Å². The van der Waals surface area contributed by atoms with Gasteiger partial charge in [-0.25, -0.2) is 8.78 Å². The first-order valence-corrected chi connectivity index (χ1v) is 11.6. The van der Waals surface area contributed by atoms with Crippen molar-refractivity contribution in [2.45, 2.75) is 87.5 Å². The molecular formula is C24H52F4O2. The molecule has 0 spiro atoms. The topological polar surface area (TPSA) is 18.5 Å². The Morgan fingerprint density at radius 2 is 1.00 bits per heavy atom. The summed E-state index contributed by atoms with van der Waals surface area (Å²) in [6, 6.07) is 0. The van der Waals surface area contributed by atoms with E-state index in [1.807, 2.05) is 20.8 Å². The van der Waals surface area contributed by atoms with Gasteiger partial charge in [0.1, 0.15) is 6.67 Å². The van der Waals surface area contributed by atoms with Crippen LogP contribution in [-0.4, -0.2) is 46.7 Å². The Balaban J connectivity index is -0.000000152. The van der Waals surface area contributed by atoms with Crippen LogP contribution in [0.4, 0.5) is 17.6 Å². The lowest BCUT2D eigenvalue weighted by molar-refractivity contribution is 0.0375. The molecule has 0 saturated carbocycles. The third-order valence-corrected chi connectivity index (χ3v) is 4.76. The minimum absolute atomic E-state index is 0.158. The van der Waals surface area contributed by atoms with Crippen LogP contribution in [0.3, 0.4) is 0 Å². The average Bonchev–Trinajstić information content (AvgIpc) is 2.78. The van der Waals surface area contributed by atoms with Gasteiger partial charge >= 0.3 is 0 Å². The third-order valence-electron chi connectivity index (χ3n) is 4.76. The van der Waals surface area contributed by atoms with E-state index in [-0.39, 0.29) is 32.5 Å². The van der Waals surface area contributed by atoms with Crippen LogP contribution in [0.15, 0.2) is 0 Å². The molecule has 2 nitrogen and oxygen atoms in total. The highest BCUT2D eigenvalue weighted by Crippen LogP contribution is 2.05. The van der Waals surface area contributed by atoms with Crippen molar-refractivity contribution in [3.05, 3.63) is 0 Å². The molecule has 4 unspecified atom stereocenters. The van der Waals surface area contributed by atoms with E-state index in [4.69, 9.17) is 4.74 Å². The highest BCUT2D eigenvalue weighted by atomic mass is 19.1. The molecule has 0 fully saturated rings. The molecule has 0 radical (unpaired) electrons. The molecule has 0 rings (SSSR count). The summed E-state index contributed by atoms with van der Waals surface area (Å²) in [7, 11) is 0. The van der Waals surface area contributed by atoms with Gasteiger partial charge in [0, 0.05) is 6.61 Å². The van der Waals surface area contributed by atoms with Gasteiger partial charge in [0.25, 0.3) is 0 Å². The van der Waals surface area contributed by atoms with Gasteiger partial charge in [-0.15, -0.1) is 0 Å². The highest BCUT2D eigenvalue weighted by Gasteiger charge is 1.97. The van der Waals surface area contributed by atoms with Crippen LogP contribution in [0.1, 0.15) is 87.5 Å². The van der Waals surface area contributed by atoms with Crippen molar-refractivity contribution in [3.8, 4) is 0 Å². The van der Waals surface area contributed by atoms with Crippen LogP contribution in [0.2, 0.25) is 0 Å². The van der Waals surface area contributed by atoms with Crippen molar-refractivity contribution in [1.29, 1.82) is 0 Å². The second-order valence-corrected chi connectivity index (χ2v) is 7.93. The van der Waals surface area contributed by atoms with Gasteiger partial charge in [0.2, 0.25) is 0 Å². The molecule has 0 amide bonds. The first kappa shape index (κ1) is 37.0.